The van der Waals surface area contributed by atoms with E-state index < -0.39 is 29.0 Å². The molecule has 3 aromatic carbocycles. The number of fused-ring (bicyclic) bond motifs is 8. The van der Waals surface area contributed by atoms with Crippen LogP contribution in [-0.4, -0.2) is 72.3 Å². The smallest absolute Gasteiger partial charge is 0.407 e. The number of hydrogen-bond donors (Lipinski definition) is 3. The lowest BCUT2D eigenvalue weighted by Gasteiger charge is -2.37. The van der Waals surface area contributed by atoms with Crippen molar-refractivity contribution in [2.75, 3.05) is 39.7 Å². The Morgan fingerprint density at radius 2 is 1.72 bits per heavy atom. The number of nitrogens with zero attached hydrogens (tertiary/aromatic N) is 2. The Balaban J connectivity index is 0.814. The van der Waals surface area contributed by atoms with Gasteiger partial charge in [0.05, 0.1) is 48.8 Å². The molecule has 4 heterocycles. The van der Waals surface area contributed by atoms with E-state index in [1.165, 1.54) is 6.07 Å². The summed E-state index contributed by atoms with van der Waals surface area (Å²) in [6.07, 6.45) is 0.570. The molecule has 4 aliphatic rings. The summed E-state index contributed by atoms with van der Waals surface area (Å²) in [5.41, 5.74) is 6.59. The summed E-state index contributed by atoms with van der Waals surface area (Å²) in [5.74, 6) is -1.70. The summed E-state index contributed by atoms with van der Waals surface area (Å²) in [6.45, 7) is 5.92. The number of amides is 2. The third-order valence-electron chi connectivity index (χ3n) is 12.7. The van der Waals surface area contributed by atoms with E-state index in [9.17, 15) is 24.3 Å². The van der Waals surface area contributed by atoms with Crippen LogP contribution in [0, 0.1) is 12.7 Å². The van der Waals surface area contributed by atoms with Crippen molar-refractivity contribution in [1.82, 2.24) is 20.2 Å². The largest absolute Gasteiger partial charge is 0.458 e. The van der Waals surface area contributed by atoms with Crippen LogP contribution in [-0.2, 0) is 59.1 Å². The van der Waals surface area contributed by atoms with Crippen molar-refractivity contribution in [1.29, 1.82) is 0 Å². The van der Waals surface area contributed by atoms with E-state index in [2.05, 4.69) is 29.7 Å². The number of cyclic esters (lactones) is 1. The zero-order chi connectivity index (χ0) is 41.9. The minimum atomic E-state index is -1.97. The molecule has 14 heteroatoms. The van der Waals surface area contributed by atoms with E-state index in [1.807, 2.05) is 36.4 Å². The predicted octanol–water partition coefficient (Wildman–Crippen LogP) is 5.38. The number of pyridine rings is 2. The van der Waals surface area contributed by atoms with Gasteiger partial charge in [0, 0.05) is 33.9 Å². The van der Waals surface area contributed by atoms with Crippen LogP contribution in [0.4, 0.5) is 9.18 Å². The number of aromatic nitrogens is 2. The van der Waals surface area contributed by atoms with Gasteiger partial charge in [0.25, 0.3) is 5.56 Å². The number of esters is 1. The van der Waals surface area contributed by atoms with Gasteiger partial charge in [-0.2, -0.15) is 0 Å². The van der Waals surface area contributed by atoms with Crippen molar-refractivity contribution < 1.29 is 42.8 Å². The van der Waals surface area contributed by atoms with Crippen LogP contribution in [0.5, 0.6) is 0 Å². The first-order valence-corrected chi connectivity index (χ1v) is 20.3. The molecule has 2 atom stereocenters. The highest BCUT2D eigenvalue weighted by atomic mass is 19.1. The van der Waals surface area contributed by atoms with Crippen molar-refractivity contribution in [2.45, 2.75) is 70.1 Å². The third kappa shape index (κ3) is 6.44. The van der Waals surface area contributed by atoms with Gasteiger partial charge in [0.15, 0.2) is 5.60 Å². The van der Waals surface area contributed by atoms with Gasteiger partial charge in [0.1, 0.15) is 32.3 Å². The molecule has 60 heavy (non-hydrogen) atoms. The summed E-state index contributed by atoms with van der Waals surface area (Å²) in [6, 6.07) is 19.2. The summed E-state index contributed by atoms with van der Waals surface area (Å²) in [4.78, 5) is 56.6. The molecule has 13 nitrogen and oxygen atoms in total. The van der Waals surface area contributed by atoms with Gasteiger partial charge in [-0.05, 0) is 71.2 Å². The Kier molecular flexibility index (Phi) is 10.0. The highest BCUT2D eigenvalue weighted by Crippen LogP contribution is 2.49. The van der Waals surface area contributed by atoms with Gasteiger partial charge < -0.3 is 39.3 Å². The second kappa shape index (κ2) is 15.3. The van der Waals surface area contributed by atoms with Crippen LogP contribution in [0.2, 0.25) is 0 Å². The maximum Gasteiger partial charge on any atom is 0.407 e. The van der Waals surface area contributed by atoms with Gasteiger partial charge in [-0.3, -0.25) is 9.59 Å². The van der Waals surface area contributed by atoms with E-state index in [0.29, 0.717) is 35.3 Å². The summed E-state index contributed by atoms with van der Waals surface area (Å²) in [7, 11) is 0. The van der Waals surface area contributed by atoms with E-state index in [4.69, 9.17) is 23.9 Å². The molecular weight excluding hydrogens is 772 g/mol. The van der Waals surface area contributed by atoms with Crippen LogP contribution in [0.15, 0.2) is 65.5 Å². The van der Waals surface area contributed by atoms with Crippen LogP contribution < -0.4 is 16.2 Å². The topological polar surface area (TPSA) is 167 Å². The number of carbonyl (C=O) groups excluding carboxylic acids is 3. The van der Waals surface area contributed by atoms with Crippen molar-refractivity contribution in [3.05, 3.63) is 121 Å². The second-order valence-corrected chi connectivity index (χ2v) is 16.2. The number of ether oxygens (including phenoxy) is 4. The van der Waals surface area contributed by atoms with Crippen LogP contribution in [0.1, 0.15) is 77.1 Å². The average molecular weight is 817 g/mol. The summed E-state index contributed by atoms with van der Waals surface area (Å²) >= 11 is 0. The lowest BCUT2D eigenvalue weighted by atomic mass is 9.69. The molecule has 0 radical (unpaired) electrons. The third-order valence-corrected chi connectivity index (χ3v) is 12.7. The molecule has 0 saturated heterocycles. The van der Waals surface area contributed by atoms with Crippen LogP contribution in [0.3, 0.4) is 0 Å². The summed E-state index contributed by atoms with van der Waals surface area (Å²) in [5, 5.41) is 17.3. The van der Waals surface area contributed by atoms with E-state index in [0.717, 1.165) is 44.3 Å². The van der Waals surface area contributed by atoms with Gasteiger partial charge in [0.2, 0.25) is 5.91 Å². The lowest BCUT2D eigenvalue weighted by molar-refractivity contribution is -0.172. The number of nitrogens with one attached hydrogen (secondary N) is 2. The fraction of sp³-hybridized carbons (Fsp3) is 0.370. The molecule has 2 aromatic heterocycles. The molecule has 0 saturated carbocycles. The second-order valence-electron chi connectivity index (χ2n) is 16.2. The first-order valence-electron chi connectivity index (χ1n) is 20.3. The molecule has 310 valence electrons. The molecule has 2 aliphatic carbocycles. The fourth-order valence-corrected chi connectivity index (χ4v) is 9.52. The molecule has 5 aromatic rings. The van der Waals surface area contributed by atoms with Crippen molar-refractivity contribution in [3.8, 4) is 22.5 Å². The van der Waals surface area contributed by atoms with Gasteiger partial charge in [-0.1, -0.05) is 62.4 Å². The number of halogens is 1. The van der Waals surface area contributed by atoms with Gasteiger partial charge >= 0.3 is 12.1 Å². The molecule has 0 unspecified atom stereocenters. The standard InChI is InChI=1S/C46H45FN4O9/c1-4-46(56)34-17-37-41-31(20-51(37)42(53)33(34)22-59-43(46)54)40-39-26(25(2)35(47)18-36(39)50-41)13-14-45(40,3)23-57-15-16-58-24-49-38(52)19-48-44(55)60-21-32-29-11-7-5-9-27(29)28-10-6-8-12-30(28)32/h5-12,17-18,32,56H,4,13-16,19-24H2,1-3H3,(H,48,55)(H,49,52)/t45-,46+/m1/s1. The zero-order valence-electron chi connectivity index (χ0n) is 33.6. The minimum absolute atomic E-state index is 0.0190. The number of aryl methyl sites for hydroxylation is 1. The number of benzene rings is 3. The zero-order valence-corrected chi connectivity index (χ0v) is 33.6. The Morgan fingerprint density at radius 3 is 2.45 bits per heavy atom. The first-order chi connectivity index (χ1) is 28.9. The molecule has 2 aliphatic heterocycles. The summed E-state index contributed by atoms with van der Waals surface area (Å²) < 4.78 is 39.5. The van der Waals surface area contributed by atoms with Crippen molar-refractivity contribution >= 4 is 28.9 Å². The monoisotopic (exact) mass is 816 g/mol. The fourth-order valence-electron chi connectivity index (χ4n) is 9.52. The molecule has 0 bridgehead atoms. The van der Waals surface area contributed by atoms with Crippen LogP contribution in [0.25, 0.3) is 33.4 Å². The van der Waals surface area contributed by atoms with Gasteiger partial charge in [-0.25, -0.2) is 19.0 Å². The van der Waals surface area contributed by atoms with Gasteiger partial charge in [-0.15, -0.1) is 0 Å². The number of rotatable bonds is 12. The molecule has 9 rings (SSSR count). The van der Waals surface area contributed by atoms with E-state index in [1.54, 1.807) is 24.5 Å². The Bertz CT molecular complexity index is 2630. The molecule has 0 spiro atoms. The quantitative estimate of drug-likeness (QED) is 0.0830. The minimum Gasteiger partial charge on any atom is -0.458 e. The number of hydrogen-bond acceptors (Lipinski definition) is 10. The SMILES string of the molecule is CC[C@@]1(O)C(=O)OCc2c1cc1n(c2=O)Cc2c-1nc1cc(F)c(C)c3c1c2[C@@](C)(COCCOCNC(=O)CNC(=O)OCC1c2ccccc2-c2ccccc21)CC3. The Labute approximate surface area is 344 Å². The lowest BCUT2D eigenvalue weighted by Crippen LogP contribution is -2.44. The normalized spacial score (nSPS) is 19.5. The first kappa shape index (κ1) is 39.5. The highest BCUT2D eigenvalue weighted by Gasteiger charge is 2.46. The van der Waals surface area contributed by atoms with Crippen molar-refractivity contribution in [3.63, 3.8) is 0 Å². The number of aliphatic hydroxyl groups is 1. The Hall–Kier alpha value is -5.96. The maximum atomic E-state index is 15.3. The molecular formula is C46H45FN4O9. The van der Waals surface area contributed by atoms with Crippen LogP contribution >= 0.6 is 0 Å². The molecule has 3 N–H and O–H groups in total. The molecule has 0 fully saturated rings. The van der Waals surface area contributed by atoms with E-state index in [-0.39, 0.29) is 87.7 Å². The Morgan fingerprint density at radius 1 is 1.00 bits per heavy atom. The predicted molar refractivity (Wildman–Crippen MR) is 218 cm³/mol. The van der Waals surface area contributed by atoms with E-state index >= 15 is 4.39 Å². The average Bonchev–Trinajstić information content (AvgIpc) is 3.78. The maximum absolute atomic E-state index is 15.3. The highest BCUT2D eigenvalue weighted by molar-refractivity contribution is 5.94. The van der Waals surface area contributed by atoms with Crippen molar-refractivity contribution in [2.24, 2.45) is 0 Å². The molecule has 2 amide bonds. The number of alkyl carbamates (subject to hydrolysis) is 1. The number of carbonyl (C=O) groups is 3.